The number of benzene rings is 1. The fourth-order valence-corrected chi connectivity index (χ4v) is 3.13. The molecule has 1 aromatic carbocycles. The second-order valence-corrected chi connectivity index (χ2v) is 6.26. The van der Waals surface area contributed by atoms with Gasteiger partial charge in [-0.15, -0.1) is 5.10 Å². The summed E-state index contributed by atoms with van der Waals surface area (Å²) in [5.41, 5.74) is 1.44. The van der Waals surface area contributed by atoms with E-state index in [1.807, 2.05) is 31.2 Å². The van der Waals surface area contributed by atoms with Gasteiger partial charge in [-0.3, -0.25) is 9.59 Å². The molecule has 2 rings (SSSR count). The molecule has 0 aliphatic rings. The van der Waals surface area contributed by atoms with E-state index >= 15 is 0 Å². The standard InChI is InChI=1S/C14H14BrN3O3S/c1-2-11-13(22-17-16-11)14(21)18(8-12(19)20)7-9-4-3-5-10(15)6-9/h3-6H,2,7-8H2,1H3,(H,19,20). The van der Waals surface area contributed by atoms with Gasteiger partial charge in [0.15, 0.2) is 0 Å². The first kappa shape index (κ1) is 16.6. The van der Waals surface area contributed by atoms with Crippen LogP contribution in [0.5, 0.6) is 0 Å². The van der Waals surface area contributed by atoms with Crippen molar-refractivity contribution in [3.8, 4) is 0 Å². The molecule has 1 heterocycles. The normalized spacial score (nSPS) is 10.5. The van der Waals surface area contributed by atoms with Crippen LogP contribution in [0.2, 0.25) is 0 Å². The van der Waals surface area contributed by atoms with Gasteiger partial charge < -0.3 is 10.0 Å². The molecule has 1 aromatic heterocycles. The predicted molar refractivity (Wildman–Crippen MR) is 85.8 cm³/mol. The van der Waals surface area contributed by atoms with E-state index in [2.05, 4.69) is 25.5 Å². The van der Waals surface area contributed by atoms with Gasteiger partial charge >= 0.3 is 5.97 Å². The minimum atomic E-state index is -1.06. The fourth-order valence-electron chi connectivity index (χ4n) is 1.96. The predicted octanol–water partition coefficient (Wildman–Crippen LogP) is 2.59. The van der Waals surface area contributed by atoms with Crippen molar-refractivity contribution in [3.05, 3.63) is 44.9 Å². The second-order valence-electron chi connectivity index (χ2n) is 4.59. The molecule has 0 radical (unpaired) electrons. The van der Waals surface area contributed by atoms with Gasteiger partial charge in [0, 0.05) is 11.0 Å². The summed E-state index contributed by atoms with van der Waals surface area (Å²) in [4.78, 5) is 25.3. The van der Waals surface area contributed by atoms with Crippen LogP contribution in [-0.2, 0) is 17.8 Å². The van der Waals surface area contributed by atoms with Crippen molar-refractivity contribution >= 4 is 39.3 Å². The summed E-state index contributed by atoms with van der Waals surface area (Å²) in [6.07, 6.45) is 0.579. The van der Waals surface area contributed by atoms with Gasteiger partial charge in [-0.1, -0.05) is 39.5 Å². The van der Waals surface area contributed by atoms with E-state index in [9.17, 15) is 9.59 Å². The molecule has 0 unspecified atom stereocenters. The highest BCUT2D eigenvalue weighted by Gasteiger charge is 2.23. The lowest BCUT2D eigenvalue weighted by atomic mass is 10.2. The summed E-state index contributed by atoms with van der Waals surface area (Å²) in [5, 5.41) is 13.0. The van der Waals surface area contributed by atoms with E-state index in [-0.39, 0.29) is 19.0 Å². The maximum absolute atomic E-state index is 12.6. The smallest absolute Gasteiger partial charge is 0.323 e. The minimum absolute atomic E-state index is 0.214. The molecule has 0 spiro atoms. The van der Waals surface area contributed by atoms with Gasteiger partial charge in [0.25, 0.3) is 5.91 Å². The first-order valence-electron chi connectivity index (χ1n) is 6.58. The number of amides is 1. The lowest BCUT2D eigenvalue weighted by Crippen LogP contribution is -2.35. The minimum Gasteiger partial charge on any atom is -0.480 e. The third-order valence-corrected chi connectivity index (χ3v) is 4.21. The van der Waals surface area contributed by atoms with Gasteiger partial charge in [-0.2, -0.15) is 0 Å². The number of carboxylic acids is 1. The molecule has 0 aliphatic heterocycles. The Bertz CT molecular complexity index is 689. The largest absolute Gasteiger partial charge is 0.480 e. The first-order chi connectivity index (χ1) is 10.5. The zero-order valence-electron chi connectivity index (χ0n) is 11.8. The highest BCUT2D eigenvalue weighted by molar-refractivity contribution is 9.10. The number of carbonyl (C=O) groups excluding carboxylic acids is 1. The molecule has 0 aliphatic carbocycles. The number of aliphatic carboxylic acids is 1. The van der Waals surface area contributed by atoms with Crippen LogP contribution in [-0.4, -0.2) is 38.0 Å². The van der Waals surface area contributed by atoms with E-state index in [4.69, 9.17) is 5.11 Å². The van der Waals surface area contributed by atoms with Crippen molar-refractivity contribution in [1.82, 2.24) is 14.5 Å². The SMILES string of the molecule is CCc1nnsc1C(=O)N(CC(=O)O)Cc1cccc(Br)c1. The molecular weight excluding hydrogens is 370 g/mol. The number of rotatable bonds is 6. The number of nitrogens with zero attached hydrogens (tertiary/aromatic N) is 3. The summed E-state index contributed by atoms with van der Waals surface area (Å²) in [6.45, 7) is 1.72. The molecular formula is C14H14BrN3O3S. The number of aromatic nitrogens is 2. The highest BCUT2D eigenvalue weighted by Crippen LogP contribution is 2.18. The van der Waals surface area contributed by atoms with Crippen molar-refractivity contribution in [2.75, 3.05) is 6.54 Å². The van der Waals surface area contributed by atoms with Gasteiger partial charge in [-0.25, -0.2) is 0 Å². The molecule has 22 heavy (non-hydrogen) atoms. The van der Waals surface area contributed by atoms with Crippen molar-refractivity contribution in [2.45, 2.75) is 19.9 Å². The van der Waals surface area contributed by atoms with Crippen molar-refractivity contribution in [3.63, 3.8) is 0 Å². The molecule has 6 nitrogen and oxygen atoms in total. The summed E-state index contributed by atoms with van der Waals surface area (Å²) >= 11 is 4.36. The monoisotopic (exact) mass is 383 g/mol. The summed E-state index contributed by atoms with van der Waals surface area (Å²) in [7, 11) is 0. The summed E-state index contributed by atoms with van der Waals surface area (Å²) in [6, 6.07) is 7.41. The van der Waals surface area contributed by atoms with E-state index in [1.54, 1.807) is 0 Å². The van der Waals surface area contributed by atoms with E-state index in [0.717, 1.165) is 21.6 Å². The Morgan fingerprint density at radius 3 is 2.82 bits per heavy atom. The summed E-state index contributed by atoms with van der Waals surface area (Å²) < 4.78 is 4.66. The number of hydrogen-bond acceptors (Lipinski definition) is 5. The average Bonchev–Trinajstić information content (AvgIpc) is 2.93. The molecule has 8 heteroatoms. The maximum Gasteiger partial charge on any atom is 0.323 e. The molecule has 0 saturated heterocycles. The lowest BCUT2D eigenvalue weighted by Gasteiger charge is -2.20. The molecule has 2 aromatic rings. The van der Waals surface area contributed by atoms with Gasteiger partial charge in [-0.05, 0) is 35.6 Å². The Balaban J connectivity index is 2.26. The Morgan fingerprint density at radius 2 is 2.18 bits per heavy atom. The molecule has 0 bridgehead atoms. The zero-order chi connectivity index (χ0) is 16.1. The number of hydrogen-bond donors (Lipinski definition) is 1. The number of halogens is 1. The summed E-state index contributed by atoms with van der Waals surface area (Å²) in [5.74, 6) is -1.41. The van der Waals surface area contributed by atoms with Crippen LogP contribution >= 0.6 is 27.5 Å². The molecule has 0 atom stereocenters. The third-order valence-electron chi connectivity index (χ3n) is 2.96. The van der Waals surface area contributed by atoms with Crippen LogP contribution in [0.4, 0.5) is 0 Å². The first-order valence-corrected chi connectivity index (χ1v) is 8.14. The van der Waals surface area contributed by atoms with Crippen LogP contribution in [0.25, 0.3) is 0 Å². The van der Waals surface area contributed by atoms with Crippen LogP contribution < -0.4 is 0 Å². The van der Waals surface area contributed by atoms with Crippen LogP contribution in [0.1, 0.15) is 27.9 Å². The van der Waals surface area contributed by atoms with Gasteiger partial charge in [0.2, 0.25) is 0 Å². The Labute approximate surface area is 140 Å². The van der Waals surface area contributed by atoms with Crippen molar-refractivity contribution in [2.24, 2.45) is 0 Å². The molecule has 116 valence electrons. The average molecular weight is 384 g/mol. The van der Waals surface area contributed by atoms with E-state index < -0.39 is 5.97 Å². The zero-order valence-corrected chi connectivity index (χ0v) is 14.2. The lowest BCUT2D eigenvalue weighted by molar-refractivity contribution is -0.137. The number of carboxylic acid groups (broad SMARTS) is 1. The van der Waals surface area contributed by atoms with Crippen molar-refractivity contribution < 1.29 is 14.7 Å². The molecule has 1 amide bonds. The third kappa shape index (κ3) is 4.11. The molecule has 0 saturated carbocycles. The Hall–Kier alpha value is -1.80. The van der Waals surface area contributed by atoms with Crippen LogP contribution in [0.15, 0.2) is 28.7 Å². The van der Waals surface area contributed by atoms with Crippen molar-refractivity contribution in [1.29, 1.82) is 0 Å². The Kier molecular flexibility index (Phi) is 5.62. The van der Waals surface area contributed by atoms with E-state index in [0.29, 0.717) is 17.0 Å². The fraction of sp³-hybridized carbons (Fsp3) is 0.286. The van der Waals surface area contributed by atoms with Gasteiger partial charge in [0.1, 0.15) is 11.4 Å². The Morgan fingerprint density at radius 1 is 1.41 bits per heavy atom. The molecule has 0 fully saturated rings. The molecule has 1 N–H and O–H groups in total. The number of aryl methyl sites for hydroxylation is 1. The van der Waals surface area contributed by atoms with Crippen LogP contribution in [0.3, 0.4) is 0 Å². The van der Waals surface area contributed by atoms with Crippen LogP contribution in [0, 0.1) is 0 Å². The number of carbonyl (C=O) groups is 2. The maximum atomic E-state index is 12.6. The highest BCUT2D eigenvalue weighted by atomic mass is 79.9. The van der Waals surface area contributed by atoms with Gasteiger partial charge in [0.05, 0.1) is 5.69 Å². The topological polar surface area (TPSA) is 83.4 Å². The second kappa shape index (κ2) is 7.46. The van der Waals surface area contributed by atoms with E-state index in [1.165, 1.54) is 4.90 Å². The quantitative estimate of drug-likeness (QED) is 0.828.